The van der Waals surface area contributed by atoms with Gasteiger partial charge in [-0.1, -0.05) is 12.8 Å². The first kappa shape index (κ1) is 15.7. The number of hydrogen-bond donors (Lipinski definition) is 4. The number of benzene rings is 1. The Balaban J connectivity index is 2.19. The third-order valence-corrected chi connectivity index (χ3v) is 5.03. The van der Waals surface area contributed by atoms with Gasteiger partial charge in [0, 0.05) is 6.54 Å². The zero-order chi connectivity index (χ0) is 15.7. The van der Waals surface area contributed by atoms with Crippen molar-refractivity contribution in [2.45, 2.75) is 36.2 Å². The summed E-state index contributed by atoms with van der Waals surface area (Å²) in [6.45, 7) is -0.112. The van der Waals surface area contributed by atoms with Gasteiger partial charge < -0.3 is 15.3 Å². The molecule has 8 heteroatoms. The maximum atomic E-state index is 12.1. The molecule has 0 unspecified atom stereocenters. The summed E-state index contributed by atoms with van der Waals surface area (Å²) in [4.78, 5) is 10.6. The van der Waals surface area contributed by atoms with Gasteiger partial charge in [-0.05, 0) is 31.0 Å². The number of aliphatic hydroxyl groups is 1. The second-order valence-corrected chi connectivity index (χ2v) is 7.01. The molecule has 0 radical (unpaired) electrons. The van der Waals surface area contributed by atoms with E-state index in [9.17, 15) is 23.4 Å². The summed E-state index contributed by atoms with van der Waals surface area (Å²) >= 11 is 0. The van der Waals surface area contributed by atoms with Gasteiger partial charge in [-0.25, -0.2) is 17.9 Å². The van der Waals surface area contributed by atoms with Crippen molar-refractivity contribution < 1.29 is 28.5 Å². The Labute approximate surface area is 122 Å². The average molecular weight is 315 g/mol. The van der Waals surface area contributed by atoms with Crippen LogP contribution in [-0.4, -0.2) is 41.9 Å². The number of aromatic carboxylic acids is 1. The highest BCUT2D eigenvalue weighted by atomic mass is 32.2. The van der Waals surface area contributed by atoms with Crippen molar-refractivity contribution >= 4 is 16.0 Å². The van der Waals surface area contributed by atoms with E-state index >= 15 is 0 Å². The maximum Gasteiger partial charge on any atom is 0.339 e. The summed E-state index contributed by atoms with van der Waals surface area (Å²) in [5, 5.41) is 28.4. The van der Waals surface area contributed by atoms with Crippen LogP contribution >= 0.6 is 0 Å². The van der Waals surface area contributed by atoms with Crippen molar-refractivity contribution in [3.63, 3.8) is 0 Å². The van der Waals surface area contributed by atoms with Crippen LogP contribution in [0.1, 0.15) is 36.0 Å². The lowest BCUT2D eigenvalue weighted by atomic mass is 10.0. The molecule has 1 fully saturated rings. The highest BCUT2D eigenvalue weighted by molar-refractivity contribution is 7.89. The second-order valence-electron chi connectivity index (χ2n) is 5.24. The Kier molecular flexibility index (Phi) is 4.22. The Morgan fingerprint density at radius 3 is 2.48 bits per heavy atom. The number of nitrogens with one attached hydrogen (secondary N) is 1. The lowest BCUT2D eigenvalue weighted by molar-refractivity contribution is 0.0531. The van der Waals surface area contributed by atoms with Crippen LogP contribution in [0.3, 0.4) is 0 Å². The van der Waals surface area contributed by atoms with Crippen LogP contribution < -0.4 is 4.72 Å². The fourth-order valence-electron chi connectivity index (χ4n) is 2.38. The van der Waals surface area contributed by atoms with E-state index < -0.39 is 32.9 Å². The molecule has 0 amide bonds. The van der Waals surface area contributed by atoms with Gasteiger partial charge in [0.25, 0.3) is 0 Å². The molecule has 0 aliphatic heterocycles. The van der Waals surface area contributed by atoms with E-state index in [-0.39, 0.29) is 11.4 Å². The summed E-state index contributed by atoms with van der Waals surface area (Å²) in [5.41, 5.74) is -1.53. The molecular formula is C13H17NO6S. The standard InChI is InChI=1S/C13H17NO6S/c15-11-4-3-9(7-10(11)12(16)17)21(19,20)14-8-13(18)5-1-2-6-13/h3-4,7,14-15,18H,1-2,5-6,8H2,(H,16,17). The molecule has 1 saturated carbocycles. The first-order valence-corrected chi connectivity index (χ1v) is 8.00. The number of aromatic hydroxyl groups is 1. The van der Waals surface area contributed by atoms with Crippen LogP contribution in [0.4, 0.5) is 0 Å². The summed E-state index contributed by atoms with van der Waals surface area (Å²) in [7, 11) is -3.94. The van der Waals surface area contributed by atoms with Crippen LogP contribution in [0.2, 0.25) is 0 Å². The Morgan fingerprint density at radius 2 is 1.90 bits per heavy atom. The first-order valence-electron chi connectivity index (χ1n) is 6.52. The van der Waals surface area contributed by atoms with Crippen LogP contribution in [0.15, 0.2) is 23.1 Å². The minimum atomic E-state index is -3.94. The van der Waals surface area contributed by atoms with Crippen molar-refractivity contribution in [3.8, 4) is 5.75 Å². The summed E-state index contributed by atoms with van der Waals surface area (Å²) in [6.07, 6.45) is 2.76. The second kappa shape index (κ2) is 5.63. The largest absolute Gasteiger partial charge is 0.507 e. The topological polar surface area (TPSA) is 124 Å². The Hall–Kier alpha value is -1.64. The molecule has 0 bridgehead atoms. The smallest absolute Gasteiger partial charge is 0.339 e. The van der Waals surface area contributed by atoms with E-state index in [1.165, 1.54) is 0 Å². The highest BCUT2D eigenvalue weighted by Crippen LogP contribution is 2.29. The Bertz CT molecular complexity index is 649. The molecule has 0 saturated heterocycles. The minimum absolute atomic E-state index is 0.112. The van der Waals surface area contributed by atoms with Gasteiger partial charge in [0.2, 0.25) is 10.0 Å². The average Bonchev–Trinajstić information content (AvgIpc) is 2.84. The molecule has 0 aromatic heterocycles. The fourth-order valence-corrected chi connectivity index (χ4v) is 3.52. The van der Waals surface area contributed by atoms with Gasteiger partial charge in [-0.15, -0.1) is 0 Å². The molecule has 0 atom stereocenters. The molecule has 2 rings (SSSR count). The van der Waals surface area contributed by atoms with Crippen LogP contribution in [0.25, 0.3) is 0 Å². The summed E-state index contributed by atoms with van der Waals surface area (Å²) < 4.78 is 26.5. The molecule has 0 heterocycles. The molecule has 7 nitrogen and oxygen atoms in total. The summed E-state index contributed by atoms with van der Waals surface area (Å²) in [5.74, 6) is -1.92. The minimum Gasteiger partial charge on any atom is -0.507 e. The van der Waals surface area contributed by atoms with E-state index in [1.54, 1.807) is 0 Å². The predicted octanol–water partition coefficient (Wildman–Crippen LogP) is 0.674. The molecule has 1 aliphatic carbocycles. The zero-order valence-corrected chi connectivity index (χ0v) is 12.1. The zero-order valence-electron chi connectivity index (χ0n) is 11.2. The van der Waals surface area contributed by atoms with E-state index in [4.69, 9.17) is 5.11 Å². The molecule has 21 heavy (non-hydrogen) atoms. The Morgan fingerprint density at radius 1 is 1.29 bits per heavy atom. The van der Waals surface area contributed by atoms with Crippen LogP contribution in [0, 0.1) is 0 Å². The van der Waals surface area contributed by atoms with Crippen molar-refractivity contribution in [3.05, 3.63) is 23.8 Å². The van der Waals surface area contributed by atoms with E-state index in [0.29, 0.717) is 12.8 Å². The van der Waals surface area contributed by atoms with Crippen LogP contribution in [0.5, 0.6) is 5.75 Å². The first-order chi connectivity index (χ1) is 9.73. The fraction of sp³-hybridized carbons (Fsp3) is 0.462. The van der Waals surface area contributed by atoms with Gasteiger partial charge in [-0.2, -0.15) is 0 Å². The van der Waals surface area contributed by atoms with Gasteiger partial charge >= 0.3 is 5.97 Å². The number of phenols is 1. The van der Waals surface area contributed by atoms with Gasteiger partial charge in [0.15, 0.2) is 0 Å². The number of carboxylic acid groups (broad SMARTS) is 1. The molecule has 0 spiro atoms. The third kappa shape index (κ3) is 3.52. The van der Waals surface area contributed by atoms with Gasteiger partial charge in [-0.3, -0.25) is 0 Å². The maximum absolute atomic E-state index is 12.1. The van der Waals surface area contributed by atoms with E-state index in [2.05, 4.69) is 4.72 Å². The molecular weight excluding hydrogens is 298 g/mol. The van der Waals surface area contributed by atoms with E-state index in [0.717, 1.165) is 31.0 Å². The van der Waals surface area contributed by atoms with Gasteiger partial charge in [0.1, 0.15) is 11.3 Å². The molecule has 4 N–H and O–H groups in total. The normalized spacial score (nSPS) is 17.8. The predicted molar refractivity (Wildman–Crippen MR) is 73.7 cm³/mol. The lowest BCUT2D eigenvalue weighted by Gasteiger charge is -2.22. The van der Waals surface area contributed by atoms with Crippen molar-refractivity contribution in [2.75, 3.05) is 6.54 Å². The van der Waals surface area contributed by atoms with Crippen molar-refractivity contribution in [1.29, 1.82) is 0 Å². The lowest BCUT2D eigenvalue weighted by Crippen LogP contribution is -2.40. The quantitative estimate of drug-likeness (QED) is 0.633. The van der Waals surface area contributed by atoms with Crippen molar-refractivity contribution in [1.82, 2.24) is 4.72 Å². The van der Waals surface area contributed by atoms with Crippen molar-refractivity contribution in [2.24, 2.45) is 0 Å². The van der Waals surface area contributed by atoms with Crippen LogP contribution in [-0.2, 0) is 10.0 Å². The molecule has 1 aliphatic rings. The summed E-state index contributed by atoms with van der Waals surface area (Å²) in [6, 6.07) is 3.02. The number of hydrogen-bond acceptors (Lipinski definition) is 5. The third-order valence-electron chi connectivity index (χ3n) is 3.63. The highest BCUT2D eigenvalue weighted by Gasteiger charge is 2.32. The molecule has 1 aromatic carbocycles. The molecule has 1 aromatic rings. The number of carboxylic acids is 1. The number of sulfonamides is 1. The van der Waals surface area contributed by atoms with Gasteiger partial charge in [0.05, 0.1) is 10.5 Å². The number of carbonyl (C=O) groups is 1. The monoisotopic (exact) mass is 315 g/mol. The van der Waals surface area contributed by atoms with E-state index in [1.807, 2.05) is 0 Å². The molecule has 116 valence electrons. The number of rotatable bonds is 5. The SMILES string of the molecule is O=C(O)c1cc(S(=O)(=O)NCC2(O)CCCC2)ccc1O.